The van der Waals surface area contributed by atoms with Crippen molar-refractivity contribution in [3.8, 4) is 56.3 Å². The van der Waals surface area contributed by atoms with Crippen LogP contribution in [0.3, 0.4) is 0 Å². The second kappa shape index (κ2) is 13.3. The van der Waals surface area contributed by atoms with Gasteiger partial charge in [-0.05, 0) is 129 Å². The van der Waals surface area contributed by atoms with Gasteiger partial charge in [0.1, 0.15) is 11.5 Å². The van der Waals surface area contributed by atoms with E-state index in [2.05, 4.69) is 240 Å². The van der Waals surface area contributed by atoms with E-state index >= 15 is 0 Å². The largest absolute Gasteiger partial charge is 0.457 e. The molecule has 0 saturated carbocycles. The molecule has 64 heavy (non-hydrogen) atoms. The Morgan fingerprint density at radius 2 is 0.656 bits per heavy atom. The molecule has 14 rings (SSSR count). The van der Waals surface area contributed by atoms with Crippen LogP contribution in [0.5, 0.6) is 11.5 Å². The highest BCUT2D eigenvalue weighted by Crippen LogP contribution is 2.63. The second-order valence-electron chi connectivity index (χ2n) is 17.2. The first-order valence-electron chi connectivity index (χ1n) is 22.1. The van der Waals surface area contributed by atoms with Gasteiger partial charge < -0.3 is 13.9 Å². The maximum atomic E-state index is 7.03. The number of hydrogen-bond donors (Lipinski definition) is 0. The normalized spacial score (nSPS) is 13.2. The van der Waals surface area contributed by atoms with Crippen molar-refractivity contribution in [3.05, 3.63) is 253 Å². The van der Waals surface area contributed by atoms with Crippen LogP contribution >= 0.6 is 0 Å². The quantitative estimate of drug-likeness (QED) is 0.173. The molecule has 12 aromatic rings. The van der Waals surface area contributed by atoms with E-state index in [0.717, 1.165) is 45.1 Å². The molecule has 2 aromatic heterocycles. The molecule has 0 atom stereocenters. The lowest BCUT2D eigenvalue weighted by Crippen LogP contribution is -2.32. The number of para-hydroxylation sites is 4. The maximum Gasteiger partial charge on any atom is 0.132 e. The van der Waals surface area contributed by atoms with Gasteiger partial charge in [0.15, 0.2) is 0 Å². The number of benzene rings is 10. The topological polar surface area (TPSA) is 19.1 Å². The molecular weight excluding hydrogens is 777 g/mol. The Morgan fingerprint density at radius 3 is 1.14 bits per heavy atom. The molecular formula is C61H38N2O. The first kappa shape index (κ1) is 35.2. The summed E-state index contributed by atoms with van der Waals surface area (Å²) in [6.07, 6.45) is 0. The summed E-state index contributed by atoms with van der Waals surface area (Å²) in [5, 5.41) is 4.94. The van der Waals surface area contributed by atoms with E-state index in [0.29, 0.717) is 0 Å². The van der Waals surface area contributed by atoms with Crippen LogP contribution in [0, 0.1) is 0 Å². The van der Waals surface area contributed by atoms with Gasteiger partial charge in [-0.1, -0.05) is 146 Å². The first-order chi connectivity index (χ1) is 31.7. The van der Waals surface area contributed by atoms with Crippen LogP contribution in [0.25, 0.3) is 88.4 Å². The predicted octanol–water partition coefficient (Wildman–Crippen LogP) is 15.7. The van der Waals surface area contributed by atoms with Crippen LogP contribution in [0.2, 0.25) is 0 Å². The third kappa shape index (κ3) is 4.81. The number of ether oxygens (including phenoxy) is 1. The molecule has 10 aromatic carbocycles. The van der Waals surface area contributed by atoms with Crippen molar-refractivity contribution < 1.29 is 4.74 Å². The molecule has 3 nitrogen and oxygen atoms in total. The fourth-order valence-electron chi connectivity index (χ4n) is 11.3. The maximum absolute atomic E-state index is 7.03. The Balaban J connectivity index is 0.984. The number of nitrogens with zero attached hydrogens (tertiary/aromatic N) is 2. The van der Waals surface area contributed by atoms with Crippen molar-refractivity contribution >= 4 is 43.6 Å². The highest BCUT2D eigenvalue weighted by atomic mass is 16.5. The molecule has 0 fully saturated rings. The second-order valence-corrected chi connectivity index (χ2v) is 17.2. The van der Waals surface area contributed by atoms with Crippen LogP contribution in [0.4, 0.5) is 0 Å². The van der Waals surface area contributed by atoms with E-state index in [-0.39, 0.29) is 0 Å². The molecule has 0 amide bonds. The van der Waals surface area contributed by atoms with E-state index in [1.807, 2.05) is 0 Å². The van der Waals surface area contributed by atoms with Crippen molar-refractivity contribution in [1.29, 1.82) is 0 Å². The smallest absolute Gasteiger partial charge is 0.132 e. The van der Waals surface area contributed by atoms with Crippen LogP contribution in [0.15, 0.2) is 231 Å². The van der Waals surface area contributed by atoms with Crippen molar-refractivity contribution in [1.82, 2.24) is 9.13 Å². The zero-order valence-corrected chi connectivity index (χ0v) is 34.7. The SMILES string of the molecule is c1ccc(-n2c3ccccc3c3cc(-c4ccc5c(c4)C4(c6cc(-c7ccc8c(c7)c7ccccc7n8-c7ccccc7)ccc6O5)c5ccccc5-c5ccccc54)ccc32)cc1. The summed E-state index contributed by atoms with van der Waals surface area (Å²) in [7, 11) is 0. The van der Waals surface area contributed by atoms with Crippen molar-refractivity contribution in [2.24, 2.45) is 0 Å². The Hall–Kier alpha value is -8.40. The van der Waals surface area contributed by atoms with E-state index in [9.17, 15) is 0 Å². The van der Waals surface area contributed by atoms with E-state index in [1.165, 1.54) is 77.0 Å². The molecule has 1 aliphatic carbocycles. The van der Waals surface area contributed by atoms with Gasteiger partial charge in [0.05, 0.1) is 27.5 Å². The summed E-state index contributed by atoms with van der Waals surface area (Å²) in [4.78, 5) is 0. The zero-order valence-electron chi connectivity index (χ0n) is 34.7. The number of fused-ring (bicyclic) bond motifs is 15. The summed E-state index contributed by atoms with van der Waals surface area (Å²) in [6, 6.07) is 84.4. The zero-order chi connectivity index (χ0) is 41.9. The predicted molar refractivity (Wildman–Crippen MR) is 263 cm³/mol. The van der Waals surface area contributed by atoms with Crippen LogP contribution in [-0.4, -0.2) is 9.13 Å². The van der Waals surface area contributed by atoms with Crippen molar-refractivity contribution in [2.75, 3.05) is 0 Å². The lowest BCUT2D eigenvalue weighted by molar-refractivity contribution is 0.436. The molecule has 3 heterocycles. The van der Waals surface area contributed by atoms with Gasteiger partial charge >= 0.3 is 0 Å². The fourth-order valence-corrected chi connectivity index (χ4v) is 11.3. The van der Waals surface area contributed by atoms with Gasteiger partial charge in [0.2, 0.25) is 0 Å². The van der Waals surface area contributed by atoms with Crippen LogP contribution < -0.4 is 4.74 Å². The van der Waals surface area contributed by atoms with Gasteiger partial charge in [0, 0.05) is 44.0 Å². The molecule has 3 heteroatoms. The minimum atomic E-state index is -0.622. The van der Waals surface area contributed by atoms with Gasteiger partial charge in [-0.2, -0.15) is 0 Å². The third-order valence-corrected chi connectivity index (χ3v) is 14.0. The molecule has 0 radical (unpaired) electrons. The third-order valence-electron chi connectivity index (χ3n) is 14.0. The Morgan fingerprint density at radius 1 is 0.281 bits per heavy atom. The summed E-state index contributed by atoms with van der Waals surface area (Å²) in [5.74, 6) is 1.76. The molecule has 0 unspecified atom stereocenters. The first-order valence-corrected chi connectivity index (χ1v) is 22.1. The minimum Gasteiger partial charge on any atom is -0.457 e. The van der Waals surface area contributed by atoms with E-state index in [1.54, 1.807) is 0 Å². The van der Waals surface area contributed by atoms with Gasteiger partial charge in [-0.25, -0.2) is 0 Å². The molecule has 1 spiro atoms. The molecule has 1 aliphatic heterocycles. The average Bonchev–Trinajstić information content (AvgIpc) is 3.98. The van der Waals surface area contributed by atoms with Gasteiger partial charge in [0.25, 0.3) is 0 Å². The molecule has 298 valence electrons. The highest BCUT2D eigenvalue weighted by Gasteiger charge is 2.51. The Kier molecular flexibility index (Phi) is 7.32. The lowest BCUT2D eigenvalue weighted by atomic mass is 9.65. The van der Waals surface area contributed by atoms with Crippen molar-refractivity contribution in [3.63, 3.8) is 0 Å². The number of hydrogen-bond acceptors (Lipinski definition) is 1. The van der Waals surface area contributed by atoms with Gasteiger partial charge in [-0.15, -0.1) is 0 Å². The summed E-state index contributed by atoms with van der Waals surface area (Å²) < 4.78 is 11.8. The van der Waals surface area contributed by atoms with Crippen LogP contribution in [0.1, 0.15) is 22.3 Å². The molecule has 0 saturated heterocycles. The van der Waals surface area contributed by atoms with Gasteiger partial charge in [-0.3, -0.25) is 0 Å². The number of aromatic nitrogens is 2. The molecule has 2 aliphatic rings. The fraction of sp³-hybridized carbons (Fsp3) is 0.0164. The molecule has 0 N–H and O–H groups in total. The highest BCUT2D eigenvalue weighted by molar-refractivity contribution is 6.11. The van der Waals surface area contributed by atoms with Crippen LogP contribution in [-0.2, 0) is 5.41 Å². The average molecular weight is 815 g/mol. The summed E-state index contributed by atoms with van der Waals surface area (Å²) in [6.45, 7) is 0. The molecule has 0 bridgehead atoms. The van der Waals surface area contributed by atoms with Crippen molar-refractivity contribution in [2.45, 2.75) is 5.41 Å². The number of rotatable bonds is 4. The standard InChI is InChI=1S/C61H38N2O/c1-3-15-43(16-4-1)62-55-25-13-9-21-47(55)49-35-39(27-31-57(49)62)41-29-33-59-53(37-41)61(51-23-11-7-19-45(51)46-20-8-12-24-52(46)61)54-38-42(30-34-60(54)64-59)40-28-32-58-50(36-40)48-22-10-14-26-56(48)63(58)44-17-5-2-6-18-44/h1-38H. The Bertz CT molecular complexity index is 3620. The van der Waals surface area contributed by atoms with E-state index < -0.39 is 5.41 Å². The minimum absolute atomic E-state index is 0.622. The Labute approximate surface area is 370 Å². The summed E-state index contributed by atoms with van der Waals surface area (Å²) >= 11 is 0. The van der Waals surface area contributed by atoms with E-state index in [4.69, 9.17) is 4.74 Å². The lowest BCUT2D eigenvalue weighted by Gasteiger charge is -2.40. The summed E-state index contributed by atoms with van der Waals surface area (Å²) in [5.41, 5.74) is 18.5. The monoisotopic (exact) mass is 814 g/mol.